The number of nitrogens with zero attached hydrogens (tertiary/aromatic N) is 2. The molecule has 28 heavy (non-hydrogen) atoms. The number of thioether (sulfide) groups is 1. The van der Waals surface area contributed by atoms with Gasteiger partial charge in [0.2, 0.25) is 0 Å². The lowest BCUT2D eigenvalue weighted by Gasteiger charge is -2.26. The highest BCUT2D eigenvalue weighted by molar-refractivity contribution is 7.99. The van der Waals surface area contributed by atoms with E-state index >= 15 is 0 Å². The Morgan fingerprint density at radius 2 is 1.71 bits per heavy atom. The van der Waals surface area contributed by atoms with Gasteiger partial charge in [0.1, 0.15) is 17.2 Å². The number of hydrogen-bond donors (Lipinski definition) is 1. The molecule has 2 rings (SSSR count). The second kappa shape index (κ2) is 9.30. The zero-order valence-corrected chi connectivity index (χ0v) is 18.9. The first-order valence-corrected chi connectivity index (χ1v) is 11.8. The van der Waals surface area contributed by atoms with E-state index in [9.17, 15) is 9.83 Å². The minimum absolute atomic E-state index is 0.0120. The van der Waals surface area contributed by atoms with Gasteiger partial charge < -0.3 is 14.8 Å². The molecule has 2 aromatic rings. The van der Waals surface area contributed by atoms with Crippen molar-refractivity contribution in [3.8, 4) is 17.3 Å². The first kappa shape index (κ1) is 22.7. The van der Waals surface area contributed by atoms with E-state index < -0.39 is 7.60 Å². The van der Waals surface area contributed by atoms with E-state index in [2.05, 4.69) is 11.1 Å². The molecule has 1 aromatic carbocycles. The molecule has 0 radical (unpaired) electrons. The van der Waals surface area contributed by atoms with E-state index in [1.807, 2.05) is 0 Å². The summed E-state index contributed by atoms with van der Waals surface area (Å²) < 4.78 is 25.1. The van der Waals surface area contributed by atoms with Gasteiger partial charge in [-0.1, -0.05) is 23.7 Å². The molecule has 9 heteroatoms. The zero-order valence-electron chi connectivity index (χ0n) is 16.4. The normalized spacial score (nSPS) is 11.8. The van der Waals surface area contributed by atoms with Crippen LogP contribution in [0.3, 0.4) is 0 Å². The second-order valence-corrected chi connectivity index (χ2v) is 9.64. The Kier molecular flexibility index (Phi) is 7.55. The summed E-state index contributed by atoms with van der Waals surface area (Å²) in [4.78, 5) is 4.83. The van der Waals surface area contributed by atoms with Crippen LogP contribution in [0.2, 0.25) is 5.02 Å². The van der Waals surface area contributed by atoms with Crippen molar-refractivity contribution in [1.29, 1.82) is 5.26 Å². The van der Waals surface area contributed by atoms with Gasteiger partial charge in [0.15, 0.2) is 0 Å². The first-order chi connectivity index (χ1) is 13.1. The van der Waals surface area contributed by atoms with Crippen molar-refractivity contribution < 1.29 is 13.6 Å². The molecule has 0 spiro atoms. The molecule has 0 aliphatic rings. The summed E-state index contributed by atoms with van der Waals surface area (Å²) in [6, 6.07) is 9.09. The minimum Gasteiger partial charge on any atom is -0.383 e. The van der Waals surface area contributed by atoms with Gasteiger partial charge in [-0.25, -0.2) is 4.98 Å². The molecular formula is C19H23ClN3O3PS. The van der Waals surface area contributed by atoms with E-state index in [1.165, 1.54) is 11.8 Å². The number of aromatic nitrogens is 1. The molecular weight excluding hydrogens is 417 g/mol. The van der Waals surface area contributed by atoms with Crippen molar-refractivity contribution in [2.75, 3.05) is 12.0 Å². The lowest BCUT2D eigenvalue weighted by molar-refractivity contribution is 0.150. The van der Waals surface area contributed by atoms with Crippen LogP contribution in [-0.4, -0.2) is 23.4 Å². The van der Waals surface area contributed by atoms with Gasteiger partial charge in [0.25, 0.3) is 0 Å². The van der Waals surface area contributed by atoms with Crippen LogP contribution in [-0.2, 0) is 13.6 Å². The summed E-state index contributed by atoms with van der Waals surface area (Å²) in [7, 11) is -3.82. The molecule has 0 atom stereocenters. The van der Waals surface area contributed by atoms with Crippen molar-refractivity contribution in [3.63, 3.8) is 0 Å². The smallest absolute Gasteiger partial charge is 0.366 e. The standard InChI is InChI=1S/C19H23ClN3O3PS/c1-11(2)25-27(24,26-12(3)4)17-18(28-5)15(10-21)16(23-19(17)22)13-6-8-14(20)9-7-13/h6-9,11-12H,1-5H3,(H2,22,23). The summed E-state index contributed by atoms with van der Waals surface area (Å²) in [5.41, 5.74) is 7.57. The van der Waals surface area contributed by atoms with E-state index in [0.29, 0.717) is 21.2 Å². The fraction of sp³-hybridized carbons (Fsp3) is 0.368. The summed E-state index contributed by atoms with van der Waals surface area (Å²) in [5, 5.41) is 10.6. The second-order valence-electron chi connectivity index (χ2n) is 6.53. The van der Waals surface area contributed by atoms with Crippen molar-refractivity contribution in [1.82, 2.24) is 4.98 Å². The van der Waals surface area contributed by atoms with Gasteiger partial charge in [-0.15, -0.1) is 11.8 Å². The summed E-state index contributed by atoms with van der Waals surface area (Å²) in [5.74, 6) is 0.0120. The maximum Gasteiger partial charge on any atom is 0.366 e. The van der Waals surface area contributed by atoms with Gasteiger partial charge in [-0.05, 0) is 46.1 Å². The van der Waals surface area contributed by atoms with Crippen molar-refractivity contribution in [2.24, 2.45) is 0 Å². The minimum atomic E-state index is -3.82. The molecule has 6 nitrogen and oxygen atoms in total. The number of benzene rings is 1. The van der Waals surface area contributed by atoms with Gasteiger partial charge in [-0.2, -0.15) is 5.26 Å². The maximum atomic E-state index is 13.7. The van der Waals surface area contributed by atoms with E-state index in [1.54, 1.807) is 58.2 Å². The van der Waals surface area contributed by atoms with Crippen molar-refractivity contribution in [2.45, 2.75) is 44.8 Å². The van der Waals surface area contributed by atoms with Crippen molar-refractivity contribution >= 4 is 42.1 Å². The van der Waals surface area contributed by atoms with Gasteiger partial charge >= 0.3 is 7.60 Å². The number of hydrogen-bond acceptors (Lipinski definition) is 7. The Morgan fingerprint density at radius 1 is 1.18 bits per heavy atom. The number of anilines is 1. The number of halogens is 1. The predicted molar refractivity (Wildman–Crippen MR) is 115 cm³/mol. The topological polar surface area (TPSA) is 98.2 Å². The third-order valence-electron chi connectivity index (χ3n) is 3.56. The summed E-state index contributed by atoms with van der Waals surface area (Å²) >= 11 is 7.21. The van der Waals surface area contributed by atoms with Crippen LogP contribution in [0.5, 0.6) is 0 Å². The Hall–Kier alpha value is -1.55. The predicted octanol–water partition coefficient (Wildman–Crippen LogP) is 5.25. The quantitative estimate of drug-likeness (QED) is 0.464. The molecule has 1 heterocycles. The molecule has 0 saturated heterocycles. The summed E-state index contributed by atoms with van der Waals surface area (Å²) in [6.07, 6.45) is 1.03. The van der Waals surface area contributed by atoms with Crippen LogP contribution in [0, 0.1) is 11.3 Å². The van der Waals surface area contributed by atoms with Crippen LogP contribution < -0.4 is 11.0 Å². The SMILES string of the molecule is CSc1c(C#N)c(-c2ccc(Cl)cc2)nc(N)c1P(=O)(OC(C)C)OC(C)C. The maximum absolute atomic E-state index is 13.7. The molecule has 0 fully saturated rings. The highest BCUT2D eigenvalue weighted by Gasteiger charge is 2.38. The monoisotopic (exact) mass is 439 g/mol. The van der Waals surface area contributed by atoms with Crippen LogP contribution in [0.25, 0.3) is 11.3 Å². The third-order valence-corrected chi connectivity index (χ3v) is 7.18. The molecule has 0 aliphatic heterocycles. The number of nitrogen functional groups attached to an aromatic ring is 1. The number of rotatable bonds is 7. The highest BCUT2D eigenvalue weighted by atomic mass is 35.5. The van der Waals surface area contributed by atoms with Gasteiger partial charge in [-0.3, -0.25) is 4.57 Å². The fourth-order valence-electron chi connectivity index (χ4n) is 2.64. The number of pyridine rings is 1. The molecule has 0 saturated carbocycles. The highest BCUT2D eigenvalue weighted by Crippen LogP contribution is 2.53. The molecule has 0 aliphatic carbocycles. The Labute approximate surface area is 174 Å². The molecule has 1 aromatic heterocycles. The summed E-state index contributed by atoms with van der Waals surface area (Å²) in [6.45, 7) is 7.02. The Bertz CT molecular complexity index is 929. The average Bonchev–Trinajstić information content (AvgIpc) is 2.59. The third kappa shape index (κ3) is 4.89. The van der Waals surface area contributed by atoms with Crippen LogP contribution in [0.4, 0.5) is 5.82 Å². The lowest BCUT2D eigenvalue weighted by Crippen LogP contribution is -2.24. The van der Waals surface area contributed by atoms with Crippen LogP contribution >= 0.6 is 31.0 Å². The van der Waals surface area contributed by atoms with Crippen LogP contribution in [0.15, 0.2) is 29.2 Å². The van der Waals surface area contributed by atoms with Crippen LogP contribution in [0.1, 0.15) is 33.3 Å². The van der Waals surface area contributed by atoms with Gasteiger partial charge in [0, 0.05) is 15.5 Å². The average molecular weight is 440 g/mol. The number of nitriles is 1. The Morgan fingerprint density at radius 3 is 2.14 bits per heavy atom. The van der Waals surface area contributed by atoms with E-state index in [-0.39, 0.29) is 28.9 Å². The number of nitrogens with two attached hydrogens (primary N) is 1. The fourth-order valence-corrected chi connectivity index (χ4v) is 6.08. The van der Waals surface area contributed by atoms with E-state index in [0.717, 1.165) is 0 Å². The largest absolute Gasteiger partial charge is 0.383 e. The van der Waals surface area contributed by atoms with E-state index in [4.69, 9.17) is 26.4 Å². The molecule has 0 bridgehead atoms. The van der Waals surface area contributed by atoms with Gasteiger partial charge in [0.05, 0.1) is 23.5 Å². The molecule has 0 amide bonds. The van der Waals surface area contributed by atoms with Crippen molar-refractivity contribution in [3.05, 3.63) is 34.9 Å². The Balaban J connectivity index is 2.80. The lowest BCUT2D eigenvalue weighted by atomic mass is 10.1. The molecule has 150 valence electrons. The first-order valence-electron chi connectivity index (χ1n) is 8.63. The molecule has 0 unspecified atom stereocenters. The zero-order chi connectivity index (χ0) is 21.1. The molecule has 2 N–H and O–H groups in total.